The molecule has 2 aliphatic heterocycles. The summed E-state index contributed by atoms with van der Waals surface area (Å²) in [6.45, 7) is 1.73. The number of thiophene rings is 1. The molecular formula is C29H23N3O6S3. The molecule has 0 bridgehead atoms. The fourth-order valence-corrected chi connectivity index (χ4v) is 8.83. The number of nitrogens with one attached hydrogen (secondary N) is 1. The molecule has 1 N–H and O–H groups in total. The van der Waals surface area contributed by atoms with Crippen molar-refractivity contribution in [2.24, 2.45) is 5.92 Å². The van der Waals surface area contributed by atoms with Crippen LogP contribution in [0.15, 0.2) is 81.9 Å². The average molecular weight is 606 g/mol. The van der Waals surface area contributed by atoms with Gasteiger partial charge >= 0.3 is 10.8 Å². The highest BCUT2D eigenvalue weighted by Gasteiger charge is 2.57. The molecule has 0 aliphatic carbocycles. The number of amides is 3. The van der Waals surface area contributed by atoms with E-state index in [1.165, 1.54) is 32.9 Å². The van der Waals surface area contributed by atoms with Gasteiger partial charge in [-0.2, -0.15) is 0 Å². The minimum absolute atomic E-state index is 0.220. The summed E-state index contributed by atoms with van der Waals surface area (Å²) >= 11 is 3.63. The molecule has 9 nitrogen and oxygen atoms in total. The first-order valence-electron chi connectivity index (χ1n) is 12.8. The minimum Gasteiger partial charge on any atom is -0.462 e. The van der Waals surface area contributed by atoms with Gasteiger partial charge in [-0.1, -0.05) is 47.4 Å². The third-order valence-corrected chi connectivity index (χ3v) is 10.5. The fourth-order valence-electron chi connectivity index (χ4n) is 5.11. The van der Waals surface area contributed by atoms with Gasteiger partial charge in [0.05, 0.1) is 28.8 Å². The van der Waals surface area contributed by atoms with Gasteiger partial charge < -0.3 is 10.1 Å². The van der Waals surface area contributed by atoms with E-state index in [2.05, 4.69) is 5.32 Å². The molecule has 2 aliphatic rings. The largest absolute Gasteiger partial charge is 0.462 e. The highest BCUT2D eigenvalue weighted by Crippen LogP contribution is 2.54. The van der Waals surface area contributed by atoms with Crippen LogP contribution in [0, 0.1) is 5.92 Å². The van der Waals surface area contributed by atoms with Crippen LogP contribution in [-0.2, 0) is 25.7 Å². The van der Waals surface area contributed by atoms with Crippen molar-refractivity contribution in [3.05, 3.63) is 97.1 Å². The van der Waals surface area contributed by atoms with E-state index in [4.69, 9.17) is 4.74 Å². The zero-order valence-electron chi connectivity index (χ0n) is 21.6. The number of benzene rings is 2. The lowest BCUT2D eigenvalue weighted by Gasteiger charge is -2.29. The summed E-state index contributed by atoms with van der Waals surface area (Å²) in [6, 6.07) is 18.9. The third-order valence-electron chi connectivity index (χ3n) is 6.89. The van der Waals surface area contributed by atoms with Crippen LogP contribution in [0.1, 0.15) is 33.0 Å². The lowest BCUT2D eigenvalue weighted by Crippen LogP contribution is -2.32. The quantitative estimate of drug-likeness (QED) is 0.242. The summed E-state index contributed by atoms with van der Waals surface area (Å²) in [7, 11) is 0. The maximum atomic E-state index is 13.9. The first kappa shape index (κ1) is 27.2. The summed E-state index contributed by atoms with van der Waals surface area (Å²) < 4.78 is 6.43. The van der Waals surface area contributed by atoms with Crippen molar-refractivity contribution in [2.75, 3.05) is 16.8 Å². The molecule has 6 rings (SSSR count). The van der Waals surface area contributed by atoms with Crippen LogP contribution in [0.5, 0.6) is 0 Å². The van der Waals surface area contributed by atoms with Crippen LogP contribution < -0.4 is 15.1 Å². The van der Waals surface area contributed by atoms with E-state index in [0.717, 1.165) is 28.0 Å². The number of rotatable bonds is 7. The molecule has 1 fully saturated rings. The molecule has 3 amide bonds. The van der Waals surface area contributed by atoms with Gasteiger partial charge in [-0.25, -0.2) is 9.69 Å². The lowest BCUT2D eigenvalue weighted by molar-refractivity contribution is -0.122. The number of esters is 1. The standard InChI is InChI=1S/C29H23N3O6S3/c1-2-38-28(36)16-10-12-18(13-11-16)32-25(34)22-21(19-9-6-14-39-19)24-27(40-23(22)26(32)35)31(29(37)41-24)15-20(33)30-17-7-4-3-5-8-17/h3-14,21-23H,2,15H2,1H3,(H,30,33). The van der Waals surface area contributed by atoms with Gasteiger partial charge in [0.25, 0.3) is 0 Å². The van der Waals surface area contributed by atoms with Crippen LogP contribution in [0.2, 0.25) is 0 Å². The Hall–Kier alpha value is -4.00. The minimum atomic E-state index is -0.788. The Morgan fingerprint density at radius 1 is 0.951 bits per heavy atom. The highest BCUT2D eigenvalue weighted by molar-refractivity contribution is 8.00. The number of hydrogen-bond donors (Lipinski definition) is 1. The maximum absolute atomic E-state index is 13.9. The van der Waals surface area contributed by atoms with Crippen LogP contribution >= 0.6 is 34.4 Å². The Labute approximate surface area is 246 Å². The second-order valence-electron chi connectivity index (χ2n) is 9.37. The zero-order chi connectivity index (χ0) is 28.7. The predicted octanol–water partition coefficient (Wildman–Crippen LogP) is 4.58. The van der Waals surface area contributed by atoms with Crippen molar-refractivity contribution in [2.45, 2.75) is 29.7 Å². The molecule has 3 unspecified atom stereocenters. The van der Waals surface area contributed by atoms with Crippen molar-refractivity contribution in [3.63, 3.8) is 0 Å². The van der Waals surface area contributed by atoms with Crippen molar-refractivity contribution >= 4 is 69.5 Å². The number of fused-ring (bicyclic) bond motifs is 2. The van der Waals surface area contributed by atoms with Crippen LogP contribution in [0.4, 0.5) is 11.4 Å². The molecule has 12 heteroatoms. The van der Waals surface area contributed by atoms with Gasteiger partial charge in [0, 0.05) is 21.4 Å². The SMILES string of the molecule is CCOC(=O)c1ccc(N2C(=O)C3Sc4c(sc(=O)n4CC(=O)Nc4ccccc4)C(c4cccs4)C3C2=O)cc1. The predicted molar refractivity (Wildman–Crippen MR) is 158 cm³/mol. The molecule has 4 heterocycles. The number of thioether (sulfide) groups is 1. The fraction of sp³-hybridized carbons (Fsp3) is 0.207. The number of hydrogen-bond acceptors (Lipinski definition) is 9. The Kier molecular flexibility index (Phi) is 7.37. The molecule has 2 aromatic heterocycles. The third kappa shape index (κ3) is 4.92. The Morgan fingerprint density at radius 2 is 1.71 bits per heavy atom. The molecule has 0 saturated carbocycles. The number of imide groups is 1. The van der Waals surface area contributed by atoms with Crippen LogP contribution in [-0.4, -0.2) is 40.1 Å². The van der Waals surface area contributed by atoms with Gasteiger partial charge in [0.15, 0.2) is 0 Å². The number of carbonyl (C=O) groups excluding carboxylic acids is 4. The Morgan fingerprint density at radius 3 is 2.39 bits per heavy atom. The van der Waals surface area contributed by atoms with E-state index in [9.17, 15) is 24.0 Å². The van der Waals surface area contributed by atoms with Crippen molar-refractivity contribution in [1.29, 1.82) is 0 Å². The van der Waals surface area contributed by atoms with E-state index in [0.29, 0.717) is 26.8 Å². The number of carbonyl (C=O) groups is 4. The van der Waals surface area contributed by atoms with Crippen molar-refractivity contribution in [3.8, 4) is 0 Å². The number of nitrogens with zero attached hydrogens (tertiary/aromatic N) is 2. The first-order valence-corrected chi connectivity index (χ1v) is 15.4. The number of thiazole rings is 1. The number of para-hydroxylation sites is 1. The zero-order valence-corrected chi connectivity index (χ0v) is 24.1. The normalized spacial score (nSPS) is 19.5. The Balaban J connectivity index is 1.35. The van der Waals surface area contributed by atoms with E-state index in [1.807, 2.05) is 23.6 Å². The van der Waals surface area contributed by atoms with Gasteiger partial charge in [-0.15, -0.1) is 11.3 Å². The van der Waals surface area contributed by atoms with Crippen molar-refractivity contribution < 1.29 is 23.9 Å². The summed E-state index contributed by atoms with van der Waals surface area (Å²) in [5, 5.41) is 4.44. The van der Waals surface area contributed by atoms with Crippen LogP contribution in [0.3, 0.4) is 0 Å². The van der Waals surface area contributed by atoms with Gasteiger partial charge in [0.1, 0.15) is 11.8 Å². The topological polar surface area (TPSA) is 115 Å². The lowest BCUT2D eigenvalue weighted by atomic mass is 9.87. The molecule has 1 saturated heterocycles. The van der Waals surface area contributed by atoms with Crippen LogP contribution in [0.25, 0.3) is 0 Å². The average Bonchev–Trinajstić information content (AvgIpc) is 3.67. The van der Waals surface area contributed by atoms with Gasteiger partial charge in [-0.3, -0.25) is 23.7 Å². The summed E-state index contributed by atoms with van der Waals surface area (Å²) in [5.74, 6) is -2.86. The summed E-state index contributed by atoms with van der Waals surface area (Å²) in [4.78, 5) is 68.3. The molecule has 0 spiro atoms. The maximum Gasteiger partial charge on any atom is 0.338 e. The smallest absolute Gasteiger partial charge is 0.338 e. The molecule has 2 aromatic carbocycles. The molecule has 0 radical (unpaired) electrons. The molecule has 208 valence electrons. The van der Waals surface area contributed by atoms with E-state index in [-0.39, 0.29) is 29.8 Å². The first-order chi connectivity index (χ1) is 19.9. The second-order valence-corrected chi connectivity index (χ2v) is 12.5. The molecule has 41 heavy (non-hydrogen) atoms. The van der Waals surface area contributed by atoms with Crippen molar-refractivity contribution in [1.82, 2.24) is 4.57 Å². The van der Waals surface area contributed by atoms with E-state index in [1.54, 1.807) is 43.3 Å². The van der Waals surface area contributed by atoms with Gasteiger partial charge in [0.2, 0.25) is 17.7 Å². The summed E-state index contributed by atoms with van der Waals surface area (Å²) in [5.41, 5.74) is 1.29. The van der Waals surface area contributed by atoms with E-state index < -0.39 is 29.0 Å². The molecule has 4 aromatic rings. The number of anilines is 2. The molecule has 3 atom stereocenters. The second kappa shape index (κ2) is 11.1. The highest BCUT2D eigenvalue weighted by atomic mass is 32.2. The van der Waals surface area contributed by atoms with Gasteiger partial charge in [-0.05, 0) is 54.8 Å². The van der Waals surface area contributed by atoms with E-state index >= 15 is 0 Å². The summed E-state index contributed by atoms with van der Waals surface area (Å²) in [6.07, 6.45) is 0. The Bertz CT molecular complexity index is 1700. The number of ether oxygens (including phenoxy) is 1. The number of aromatic nitrogens is 1. The monoisotopic (exact) mass is 605 g/mol. The molecular weight excluding hydrogens is 583 g/mol.